The highest BCUT2D eigenvalue weighted by Crippen LogP contribution is 2.22. The number of likely N-dealkylation sites (N-methyl/N-ethyl adjacent to an activating group) is 1. The summed E-state index contributed by atoms with van der Waals surface area (Å²) >= 11 is 1.88. The molecule has 0 aliphatic heterocycles. The molecule has 0 aromatic carbocycles. The number of nitrogens with one attached hydrogen (secondary N) is 1. The molecule has 1 heterocycles. The third-order valence-electron chi connectivity index (χ3n) is 3.45. The van der Waals surface area contributed by atoms with Gasteiger partial charge in [-0.25, -0.2) is 0 Å². The van der Waals surface area contributed by atoms with Crippen LogP contribution in [0.2, 0.25) is 0 Å². The monoisotopic (exact) mass is 285 g/mol. The lowest BCUT2D eigenvalue weighted by molar-refractivity contribution is 0.320. The molecule has 110 valence electrons. The standard InChI is InChI=1S/C14H27N3OS/c1-6-10(4)19-9-13-16-14(18-17-13)11(5)12(7-2)15-8-3/h10-12,15H,6-9H2,1-5H3. The Morgan fingerprint density at radius 1 is 1.21 bits per heavy atom. The molecule has 0 radical (unpaired) electrons. The van der Waals surface area contributed by atoms with Gasteiger partial charge in [-0.2, -0.15) is 16.7 Å². The molecule has 1 rings (SSSR count). The van der Waals surface area contributed by atoms with Crippen molar-refractivity contribution in [3.63, 3.8) is 0 Å². The summed E-state index contributed by atoms with van der Waals surface area (Å²) in [5, 5.41) is 8.19. The van der Waals surface area contributed by atoms with Gasteiger partial charge in [0.1, 0.15) is 0 Å². The van der Waals surface area contributed by atoms with Gasteiger partial charge in [0, 0.05) is 11.3 Å². The van der Waals surface area contributed by atoms with Crippen LogP contribution in [0.25, 0.3) is 0 Å². The van der Waals surface area contributed by atoms with E-state index < -0.39 is 0 Å². The van der Waals surface area contributed by atoms with Gasteiger partial charge in [0.2, 0.25) is 5.89 Å². The number of nitrogens with zero attached hydrogens (tertiary/aromatic N) is 2. The molecule has 3 unspecified atom stereocenters. The maximum atomic E-state index is 5.41. The van der Waals surface area contributed by atoms with E-state index in [4.69, 9.17) is 4.52 Å². The first-order chi connectivity index (χ1) is 9.12. The van der Waals surface area contributed by atoms with Crippen molar-refractivity contribution in [2.75, 3.05) is 6.54 Å². The maximum Gasteiger partial charge on any atom is 0.231 e. The van der Waals surface area contributed by atoms with Crippen LogP contribution in [-0.4, -0.2) is 28.0 Å². The van der Waals surface area contributed by atoms with Crippen molar-refractivity contribution in [2.24, 2.45) is 0 Å². The Morgan fingerprint density at radius 2 is 1.95 bits per heavy atom. The predicted octanol–water partition coefficient (Wildman–Crippen LogP) is 3.59. The van der Waals surface area contributed by atoms with Gasteiger partial charge in [-0.05, 0) is 19.4 Å². The molecule has 19 heavy (non-hydrogen) atoms. The number of hydrogen-bond donors (Lipinski definition) is 1. The SMILES string of the molecule is CCNC(CC)C(C)c1nc(CSC(C)CC)no1. The van der Waals surface area contributed by atoms with Crippen LogP contribution in [0, 0.1) is 0 Å². The van der Waals surface area contributed by atoms with Gasteiger partial charge in [-0.3, -0.25) is 0 Å². The Kier molecular flexibility index (Phi) is 7.46. The molecule has 4 nitrogen and oxygen atoms in total. The highest BCUT2D eigenvalue weighted by atomic mass is 32.2. The van der Waals surface area contributed by atoms with Gasteiger partial charge >= 0.3 is 0 Å². The summed E-state index contributed by atoms with van der Waals surface area (Å²) in [5.41, 5.74) is 0. The van der Waals surface area contributed by atoms with Gasteiger partial charge in [0.05, 0.1) is 11.7 Å². The summed E-state index contributed by atoms with van der Waals surface area (Å²) in [5.74, 6) is 2.68. The zero-order valence-corrected chi connectivity index (χ0v) is 13.6. The van der Waals surface area contributed by atoms with E-state index in [1.165, 1.54) is 6.42 Å². The van der Waals surface area contributed by atoms with Crippen molar-refractivity contribution >= 4 is 11.8 Å². The van der Waals surface area contributed by atoms with Crippen LogP contribution in [0.1, 0.15) is 65.1 Å². The van der Waals surface area contributed by atoms with Crippen molar-refractivity contribution in [1.82, 2.24) is 15.5 Å². The van der Waals surface area contributed by atoms with Crippen molar-refractivity contribution in [3.05, 3.63) is 11.7 Å². The minimum atomic E-state index is 0.264. The molecular formula is C14H27N3OS. The van der Waals surface area contributed by atoms with Crippen LogP contribution in [0.15, 0.2) is 4.52 Å². The smallest absolute Gasteiger partial charge is 0.231 e. The highest BCUT2D eigenvalue weighted by Gasteiger charge is 2.22. The third kappa shape index (κ3) is 5.15. The minimum absolute atomic E-state index is 0.264. The van der Waals surface area contributed by atoms with E-state index in [9.17, 15) is 0 Å². The summed E-state index contributed by atoms with van der Waals surface area (Å²) in [7, 11) is 0. The molecule has 1 aromatic heterocycles. The Morgan fingerprint density at radius 3 is 2.53 bits per heavy atom. The summed E-state index contributed by atoms with van der Waals surface area (Å²) in [6.07, 6.45) is 2.23. The van der Waals surface area contributed by atoms with E-state index in [0.717, 1.165) is 30.4 Å². The Hall–Kier alpha value is -0.550. The van der Waals surface area contributed by atoms with Crippen LogP contribution in [0.4, 0.5) is 0 Å². The molecular weight excluding hydrogens is 258 g/mol. The van der Waals surface area contributed by atoms with Gasteiger partial charge in [0.15, 0.2) is 5.82 Å². The van der Waals surface area contributed by atoms with E-state index in [1.54, 1.807) is 0 Å². The molecule has 0 saturated carbocycles. The molecule has 3 atom stereocenters. The van der Waals surface area contributed by atoms with E-state index in [-0.39, 0.29) is 5.92 Å². The highest BCUT2D eigenvalue weighted by molar-refractivity contribution is 7.99. The number of aromatic nitrogens is 2. The molecule has 0 aliphatic rings. The van der Waals surface area contributed by atoms with Gasteiger partial charge in [0.25, 0.3) is 0 Å². The van der Waals surface area contributed by atoms with E-state index >= 15 is 0 Å². The molecule has 0 bridgehead atoms. The van der Waals surface area contributed by atoms with Gasteiger partial charge in [-0.15, -0.1) is 0 Å². The topological polar surface area (TPSA) is 51.0 Å². The zero-order chi connectivity index (χ0) is 14.3. The fourth-order valence-electron chi connectivity index (χ4n) is 1.95. The van der Waals surface area contributed by atoms with Crippen molar-refractivity contribution in [1.29, 1.82) is 0 Å². The third-order valence-corrected chi connectivity index (χ3v) is 4.78. The minimum Gasteiger partial charge on any atom is -0.339 e. The molecule has 1 aromatic rings. The fourth-order valence-corrected chi connectivity index (χ4v) is 2.74. The number of thioether (sulfide) groups is 1. The normalized spacial score (nSPS) is 16.3. The molecule has 5 heteroatoms. The molecule has 0 fully saturated rings. The first-order valence-corrected chi connectivity index (χ1v) is 8.34. The lowest BCUT2D eigenvalue weighted by atomic mass is 9.99. The Balaban J connectivity index is 2.57. The average Bonchev–Trinajstić information content (AvgIpc) is 2.90. The van der Waals surface area contributed by atoms with E-state index in [2.05, 4.69) is 50.1 Å². The van der Waals surface area contributed by atoms with E-state index in [1.807, 2.05) is 11.8 Å². The molecule has 0 spiro atoms. The average molecular weight is 285 g/mol. The number of hydrogen-bond acceptors (Lipinski definition) is 5. The van der Waals surface area contributed by atoms with Crippen LogP contribution in [0.3, 0.4) is 0 Å². The van der Waals surface area contributed by atoms with Crippen LogP contribution in [0.5, 0.6) is 0 Å². The Labute approximate surface area is 121 Å². The van der Waals surface area contributed by atoms with Gasteiger partial charge in [-0.1, -0.05) is 39.8 Å². The van der Waals surface area contributed by atoms with Crippen LogP contribution < -0.4 is 5.32 Å². The first kappa shape index (κ1) is 16.5. The molecule has 0 amide bonds. The molecule has 0 aliphatic carbocycles. The fraction of sp³-hybridized carbons (Fsp3) is 0.857. The second-order valence-electron chi connectivity index (χ2n) is 4.94. The van der Waals surface area contributed by atoms with E-state index in [0.29, 0.717) is 11.3 Å². The van der Waals surface area contributed by atoms with Crippen molar-refractivity contribution in [3.8, 4) is 0 Å². The van der Waals surface area contributed by atoms with Crippen LogP contribution >= 0.6 is 11.8 Å². The second-order valence-corrected chi connectivity index (χ2v) is 6.37. The Bertz CT molecular complexity index is 356. The first-order valence-electron chi connectivity index (χ1n) is 7.29. The van der Waals surface area contributed by atoms with Gasteiger partial charge < -0.3 is 9.84 Å². The predicted molar refractivity (Wildman–Crippen MR) is 81.5 cm³/mol. The zero-order valence-electron chi connectivity index (χ0n) is 12.8. The lowest BCUT2D eigenvalue weighted by Crippen LogP contribution is -2.33. The van der Waals surface area contributed by atoms with Crippen LogP contribution in [-0.2, 0) is 5.75 Å². The molecule has 0 saturated heterocycles. The summed E-state index contributed by atoms with van der Waals surface area (Å²) in [6, 6.07) is 0.403. The summed E-state index contributed by atoms with van der Waals surface area (Å²) < 4.78 is 5.41. The van der Waals surface area contributed by atoms with Crippen molar-refractivity contribution < 1.29 is 4.52 Å². The molecule has 1 N–H and O–H groups in total. The summed E-state index contributed by atoms with van der Waals surface area (Å²) in [6.45, 7) is 11.8. The van der Waals surface area contributed by atoms with Crippen molar-refractivity contribution in [2.45, 2.75) is 70.4 Å². The quantitative estimate of drug-likeness (QED) is 0.751. The summed E-state index contributed by atoms with van der Waals surface area (Å²) in [4.78, 5) is 4.53. The number of rotatable bonds is 9. The maximum absolute atomic E-state index is 5.41. The second kappa shape index (κ2) is 8.59. The lowest BCUT2D eigenvalue weighted by Gasteiger charge is -2.20. The largest absolute Gasteiger partial charge is 0.339 e.